The highest BCUT2D eigenvalue weighted by molar-refractivity contribution is 6.57. The van der Waals surface area contributed by atoms with Crippen molar-refractivity contribution >= 4 is 24.8 Å². The summed E-state index contributed by atoms with van der Waals surface area (Å²) in [5.74, 6) is 0.939. The quantitative estimate of drug-likeness (QED) is 0.342. The number of unbranched alkanes of at least 4 members (excludes halogenated alkanes) is 1. The summed E-state index contributed by atoms with van der Waals surface area (Å²) in [5, 5.41) is 0. The Morgan fingerprint density at radius 1 is 1.03 bits per heavy atom. The van der Waals surface area contributed by atoms with Crippen LogP contribution >= 0.6 is 0 Å². The van der Waals surface area contributed by atoms with Gasteiger partial charge in [0.15, 0.2) is 0 Å². The second-order valence-corrected chi connectivity index (χ2v) is 14.0. The third-order valence-corrected chi connectivity index (χ3v) is 11.3. The molecule has 2 aliphatic carbocycles. The van der Waals surface area contributed by atoms with Crippen LogP contribution in [-0.2, 0) is 13.6 Å². The Hall–Kier alpha value is -0.136. The van der Waals surface area contributed by atoms with Crippen LogP contribution in [0.15, 0.2) is 0 Å². The van der Waals surface area contributed by atoms with Gasteiger partial charge in [0, 0.05) is 5.60 Å². The van der Waals surface area contributed by atoms with Gasteiger partial charge in [0.05, 0.1) is 5.92 Å². The van der Waals surface area contributed by atoms with E-state index in [1.165, 1.54) is 77.0 Å². The fourth-order valence-corrected chi connectivity index (χ4v) is 9.04. The zero-order valence-corrected chi connectivity index (χ0v) is 21.7. The molecule has 167 valence electrons. The van der Waals surface area contributed by atoms with E-state index in [-0.39, 0.29) is 17.5 Å². The lowest BCUT2D eigenvalue weighted by Crippen LogP contribution is -2.38. The molecule has 0 heterocycles. The number of hydrogen-bond acceptors (Lipinski definition) is 3. The molecule has 1 unspecified atom stereocenters. The summed E-state index contributed by atoms with van der Waals surface area (Å²) in [5.41, 5.74) is 1.25. The molecule has 0 amide bonds. The van der Waals surface area contributed by atoms with E-state index in [4.69, 9.17) is 8.85 Å². The summed E-state index contributed by atoms with van der Waals surface area (Å²) in [6, 6.07) is 0.791. The van der Waals surface area contributed by atoms with Gasteiger partial charge < -0.3 is 8.85 Å². The molecule has 2 saturated carbocycles. The van der Waals surface area contributed by atoms with Gasteiger partial charge in [-0.2, -0.15) is 0 Å². The number of rotatable bonds is 10. The lowest BCUT2D eigenvalue weighted by atomic mass is 9.85. The Morgan fingerprint density at radius 2 is 1.66 bits per heavy atom. The van der Waals surface area contributed by atoms with Gasteiger partial charge in [0.2, 0.25) is 9.76 Å². The van der Waals surface area contributed by atoms with E-state index in [1.807, 2.05) is 6.92 Å². The van der Waals surface area contributed by atoms with Gasteiger partial charge in [0.1, 0.15) is 0 Å². The predicted molar refractivity (Wildman–Crippen MR) is 124 cm³/mol. The standard InChI is InChI=1S/C24H45O3Si2/c1-6-7-11-20-14-16-22(17-15-20)29(21-12-9-8-10-13-21)26-23(25)19(2)18-28-27-24(3,4)5/h19-22H,6-18H2,1-5H3. The molecule has 0 saturated heterocycles. The van der Waals surface area contributed by atoms with Gasteiger partial charge in [0.25, 0.3) is 15.0 Å². The van der Waals surface area contributed by atoms with Crippen molar-refractivity contribution in [2.24, 2.45) is 11.8 Å². The average molecular weight is 438 g/mol. The first kappa shape index (κ1) is 25.1. The Labute approximate surface area is 184 Å². The van der Waals surface area contributed by atoms with Gasteiger partial charge in [-0.3, -0.25) is 4.79 Å². The van der Waals surface area contributed by atoms with E-state index in [2.05, 4.69) is 27.7 Å². The summed E-state index contributed by atoms with van der Waals surface area (Å²) >= 11 is 0. The van der Waals surface area contributed by atoms with Crippen LogP contribution in [0.25, 0.3) is 0 Å². The minimum atomic E-state index is -1.07. The molecule has 0 aromatic carbocycles. The van der Waals surface area contributed by atoms with Crippen LogP contribution < -0.4 is 0 Å². The summed E-state index contributed by atoms with van der Waals surface area (Å²) in [6.07, 6.45) is 16.0. The molecule has 0 aliphatic heterocycles. The van der Waals surface area contributed by atoms with Gasteiger partial charge in [-0.15, -0.1) is 0 Å². The molecule has 0 bridgehead atoms. The molecule has 1 atom stereocenters. The molecular weight excluding hydrogens is 392 g/mol. The maximum absolute atomic E-state index is 13.0. The van der Waals surface area contributed by atoms with E-state index >= 15 is 0 Å². The van der Waals surface area contributed by atoms with Gasteiger partial charge >= 0.3 is 0 Å². The van der Waals surface area contributed by atoms with Crippen molar-refractivity contribution in [2.75, 3.05) is 0 Å². The van der Waals surface area contributed by atoms with Crippen LogP contribution in [0, 0.1) is 11.8 Å². The fraction of sp³-hybridized carbons (Fsp3) is 0.958. The van der Waals surface area contributed by atoms with Crippen molar-refractivity contribution in [2.45, 2.75) is 134 Å². The molecule has 5 heteroatoms. The first-order valence-corrected chi connectivity index (χ1v) is 15.0. The van der Waals surface area contributed by atoms with Crippen molar-refractivity contribution in [3.05, 3.63) is 0 Å². The van der Waals surface area contributed by atoms with Gasteiger partial charge in [-0.05, 0) is 69.5 Å². The lowest BCUT2D eigenvalue weighted by Gasteiger charge is -2.37. The normalized spacial score (nSPS) is 25.2. The smallest absolute Gasteiger partial charge is 0.295 e. The Bertz CT molecular complexity index is 463. The second kappa shape index (κ2) is 12.7. The molecule has 2 fully saturated rings. The number of carbonyl (C=O) groups is 1. The maximum atomic E-state index is 13.0. The Morgan fingerprint density at radius 3 is 2.24 bits per heavy atom. The Balaban J connectivity index is 1.89. The van der Waals surface area contributed by atoms with E-state index in [1.54, 1.807) is 0 Å². The minimum Gasteiger partial charge on any atom is -0.517 e. The maximum Gasteiger partial charge on any atom is 0.295 e. The highest BCUT2D eigenvalue weighted by atomic mass is 28.3. The third-order valence-electron chi connectivity index (χ3n) is 6.61. The van der Waals surface area contributed by atoms with E-state index in [0.29, 0.717) is 20.8 Å². The second-order valence-electron chi connectivity index (χ2n) is 10.5. The molecule has 0 aromatic heterocycles. The molecule has 2 rings (SSSR count). The molecule has 2 aliphatic rings. The molecule has 0 spiro atoms. The summed E-state index contributed by atoms with van der Waals surface area (Å²) < 4.78 is 12.3. The average Bonchev–Trinajstić information content (AvgIpc) is 2.70. The zero-order valence-electron chi connectivity index (χ0n) is 19.7. The Kier molecular flexibility index (Phi) is 11.0. The van der Waals surface area contributed by atoms with Crippen molar-refractivity contribution in [1.82, 2.24) is 0 Å². The lowest BCUT2D eigenvalue weighted by molar-refractivity contribution is -0.138. The monoisotopic (exact) mass is 437 g/mol. The molecule has 3 radical (unpaired) electrons. The topological polar surface area (TPSA) is 35.5 Å². The number of carbonyl (C=O) groups excluding carboxylic acids is 1. The van der Waals surface area contributed by atoms with Crippen LogP contribution in [0.3, 0.4) is 0 Å². The molecule has 0 N–H and O–H groups in total. The van der Waals surface area contributed by atoms with E-state index < -0.39 is 9.04 Å². The van der Waals surface area contributed by atoms with E-state index in [0.717, 1.165) is 12.0 Å². The summed E-state index contributed by atoms with van der Waals surface area (Å²) in [4.78, 5) is 13.0. The van der Waals surface area contributed by atoms with E-state index in [9.17, 15) is 4.79 Å². The van der Waals surface area contributed by atoms with Crippen molar-refractivity contribution in [3.63, 3.8) is 0 Å². The molecule has 29 heavy (non-hydrogen) atoms. The van der Waals surface area contributed by atoms with Gasteiger partial charge in [-0.25, -0.2) is 0 Å². The minimum absolute atomic E-state index is 0.0415. The number of hydrogen-bond donors (Lipinski definition) is 0. The summed E-state index contributed by atoms with van der Waals surface area (Å²) in [6.45, 7) is 10.5. The van der Waals surface area contributed by atoms with Crippen LogP contribution in [0.5, 0.6) is 0 Å². The zero-order chi connectivity index (χ0) is 21.3. The highest BCUT2D eigenvalue weighted by Gasteiger charge is 2.39. The first-order valence-electron chi connectivity index (χ1n) is 12.3. The molecule has 0 aromatic rings. The van der Waals surface area contributed by atoms with Crippen molar-refractivity contribution in [1.29, 1.82) is 0 Å². The largest absolute Gasteiger partial charge is 0.517 e. The summed E-state index contributed by atoms with van der Waals surface area (Å²) in [7, 11) is -0.700. The van der Waals surface area contributed by atoms with Crippen molar-refractivity contribution < 1.29 is 13.6 Å². The predicted octanol–water partition coefficient (Wildman–Crippen LogP) is 7.09. The van der Waals surface area contributed by atoms with Crippen LogP contribution in [0.1, 0.15) is 112 Å². The SMILES string of the molecule is CCCCC1CCC([Si](OC(=O)C(C)C[Si]OC(C)(C)C)C2CCCCC2)CC1. The first-order chi connectivity index (χ1) is 13.8. The van der Waals surface area contributed by atoms with Crippen LogP contribution in [0.4, 0.5) is 0 Å². The third kappa shape index (κ3) is 9.26. The molecule has 3 nitrogen and oxygen atoms in total. The van der Waals surface area contributed by atoms with Crippen LogP contribution in [0.2, 0.25) is 17.1 Å². The van der Waals surface area contributed by atoms with Gasteiger partial charge in [-0.1, -0.05) is 65.2 Å². The van der Waals surface area contributed by atoms with Crippen LogP contribution in [-0.4, -0.2) is 30.4 Å². The molecular formula is C24H45O3Si2. The highest BCUT2D eigenvalue weighted by Crippen LogP contribution is 2.44. The van der Waals surface area contributed by atoms with Crippen molar-refractivity contribution in [3.8, 4) is 0 Å². The fourth-order valence-electron chi connectivity index (χ4n) is 4.80.